The quantitative estimate of drug-likeness (QED) is 0.322. The molecule has 6 nitrogen and oxygen atoms in total. The van der Waals surface area contributed by atoms with Crippen LogP contribution in [-0.2, 0) is 6.18 Å². The number of imidazole rings is 1. The first-order valence-corrected chi connectivity index (χ1v) is 10.7. The highest BCUT2D eigenvalue weighted by atomic mass is 19.4. The molecule has 0 spiro atoms. The zero-order chi connectivity index (χ0) is 25.9. The zero-order valence-corrected chi connectivity index (χ0v) is 18.8. The van der Waals surface area contributed by atoms with Crippen LogP contribution in [-0.4, -0.2) is 21.8 Å². The summed E-state index contributed by atoms with van der Waals surface area (Å²) in [5.41, 5.74) is 0.401. The largest absolute Gasteiger partial charge is 0.416 e. The standard InChI is InChI=1S/C25H17F5N4O2/c1-10-3-4-14(26)8-16(10)21-19-17(9-18-22(32-11(2)31-18)20(19)24(36)34-21)33-23(35)12-5-13(25(28,29)30)7-15(27)6-12/h3-9,21H,1-2H3,(H,31,32)(H,33,35)(H,34,36). The number of aromatic amines is 1. The lowest BCUT2D eigenvalue weighted by atomic mass is 9.92. The minimum atomic E-state index is -4.86. The highest BCUT2D eigenvalue weighted by Gasteiger charge is 2.37. The maximum Gasteiger partial charge on any atom is 0.416 e. The van der Waals surface area contributed by atoms with Crippen molar-refractivity contribution >= 4 is 28.5 Å². The summed E-state index contributed by atoms with van der Waals surface area (Å²) < 4.78 is 67.5. The predicted octanol–water partition coefficient (Wildman–Crippen LogP) is 5.56. The Labute approximate surface area is 200 Å². The molecule has 0 radical (unpaired) electrons. The number of aromatic nitrogens is 2. The number of halogens is 5. The van der Waals surface area contributed by atoms with E-state index in [0.717, 1.165) is 0 Å². The van der Waals surface area contributed by atoms with Crippen LogP contribution in [0.25, 0.3) is 11.0 Å². The van der Waals surface area contributed by atoms with Gasteiger partial charge in [-0.05, 0) is 61.4 Å². The van der Waals surface area contributed by atoms with Crippen LogP contribution in [0.4, 0.5) is 27.6 Å². The first kappa shape index (κ1) is 23.5. The van der Waals surface area contributed by atoms with E-state index < -0.39 is 46.8 Å². The monoisotopic (exact) mass is 500 g/mol. The third-order valence-corrected chi connectivity index (χ3v) is 6.01. The highest BCUT2D eigenvalue weighted by molar-refractivity contribution is 6.14. The lowest BCUT2D eigenvalue weighted by Gasteiger charge is -2.19. The topological polar surface area (TPSA) is 86.9 Å². The van der Waals surface area contributed by atoms with Crippen LogP contribution in [0.3, 0.4) is 0 Å². The number of nitrogens with one attached hydrogen (secondary N) is 3. The number of rotatable bonds is 3. The van der Waals surface area contributed by atoms with E-state index in [2.05, 4.69) is 20.6 Å². The van der Waals surface area contributed by atoms with Crippen molar-refractivity contribution in [2.45, 2.75) is 26.1 Å². The molecule has 1 aromatic heterocycles. The van der Waals surface area contributed by atoms with Crippen molar-refractivity contribution in [3.8, 4) is 0 Å². The third kappa shape index (κ3) is 3.96. The first-order chi connectivity index (χ1) is 16.9. The Hall–Kier alpha value is -4.28. The summed E-state index contributed by atoms with van der Waals surface area (Å²) in [4.78, 5) is 33.3. The van der Waals surface area contributed by atoms with Crippen LogP contribution < -0.4 is 10.6 Å². The fourth-order valence-electron chi connectivity index (χ4n) is 4.43. The van der Waals surface area contributed by atoms with Gasteiger partial charge in [0.1, 0.15) is 23.0 Å². The van der Waals surface area contributed by atoms with E-state index in [9.17, 15) is 31.5 Å². The molecule has 1 aliphatic rings. The smallest absolute Gasteiger partial charge is 0.342 e. The average molecular weight is 500 g/mol. The molecular weight excluding hydrogens is 483 g/mol. The second kappa shape index (κ2) is 8.14. The van der Waals surface area contributed by atoms with Crippen molar-refractivity contribution in [2.75, 3.05) is 5.32 Å². The molecule has 0 fully saturated rings. The molecule has 0 saturated heterocycles. The summed E-state index contributed by atoms with van der Waals surface area (Å²) in [7, 11) is 0. The molecule has 2 amide bonds. The van der Waals surface area contributed by atoms with Gasteiger partial charge in [0.2, 0.25) is 0 Å². The number of hydrogen-bond donors (Lipinski definition) is 3. The van der Waals surface area contributed by atoms with Gasteiger partial charge in [0.15, 0.2) is 0 Å². The van der Waals surface area contributed by atoms with Gasteiger partial charge in [-0.1, -0.05) is 6.07 Å². The van der Waals surface area contributed by atoms with Crippen molar-refractivity contribution < 1.29 is 31.5 Å². The van der Waals surface area contributed by atoms with Gasteiger partial charge < -0.3 is 15.6 Å². The summed E-state index contributed by atoms with van der Waals surface area (Å²) in [5, 5.41) is 5.29. The normalized spacial score (nSPS) is 15.2. The van der Waals surface area contributed by atoms with Crippen molar-refractivity contribution in [1.82, 2.24) is 15.3 Å². The number of benzene rings is 3. The van der Waals surface area contributed by atoms with Gasteiger partial charge in [-0.2, -0.15) is 13.2 Å². The second-order valence-corrected chi connectivity index (χ2v) is 8.52. The third-order valence-electron chi connectivity index (χ3n) is 6.01. The maximum atomic E-state index is 14.1. The highest BCUT2D eigenvalue weighted by Crippen LogP contribution is 2.41. The van der Waals surface area contributed by atoms with Crippen LogP contribution in [0.2, 0.25) is 0 Å². The average Bonchev–Trinajstić information content (AvgIpc) is 3.33. The lowest BCUT2D eigenvalue weighted by Crippen LogP contribution is -2.21. The van der Waals surface area contributed by atoms with Crippen LogP contribution in [0.5, 0.6) is 0 Å². The lowest BCUT2D eigenvalue weighted by molar-refractivity contribution is -0.137. The number of hydrogen-bond acceptors (Lipinski definition) is 3. The Morgan fingerprint density at radius 1 is 1.03 bits per heavy atom. The molecule has 1 atom stereocenters. The van der Waals surface area contributed by atoms with Crippen LogP contribution >= 0.6 is 0 Å². The Kier molecular flexibility index (Phi) is 5.31. The van der Waals surface area contributed by atoms with Crippen molar-refractivity contribution in [3.63, 3.8) is 0 Å². The van der Waals surface area contributed by atoms with E-state index in [1.807, 2.05) is 0 Å². The summed E-state index contributed by atoms with van der Waals surface area (Å²) in [6.45, 7) is 3.39. The van der Waals surface area contributed by atoms with Gasteiger partial charge in [-0.25, -0.2) is 13.8 Å². The Balaban J connectivity index is 1.67. The van der Waals surface area contributed by atoms with Gasteiger partial charge in [-0.3, -0.25) is 9.59 Å². The number of amides is 2. The molecule has 184 valence electrons. The van der Waals surface area contributed by atoms with Crippen LogP contribution in [0.15, 0.2) is 42.5 Å². The molecule has 0 aliphatic carbocycles. The van der Waals surface area contributed by atoms with Crippen molar-refractivity contribution in [3.05, 3.63) is 93.3 Å². The zero-order valence-electron chi connectivity index (χ0n) is 18.8. The fourth-order valence-corrected chi connectivity index (χ4v) is 4.43. The summed E-state index contributed by atoms with van der Waals surface area (Å²) in [6.07, 6.45) is -4.86. The number of H-pyrrole nitrogens is 1. The molecular formula is C25H17F5N4O2. The Bertz CT molecular complexity index is 1580. The molecule has 3 N–H and O–H groups in total. The van der Waals surface area contributed by atoms with Gasteiger partial charge in [0.05, 0.1) is 22.7 Å². The van der Waals surface area contributed by atoms with Crippen LogP contribution in [0.1, 0.15) is 54.8 Å². The van der Waals surface area contributed by atoms with E-state index in [4.69, 9.17) is 0 Å². The molecule has 1 aliphatic heterocycles. The molecule has 2 heterocycles. The molecule has 36 heavy (non-hydrogen) atoms. The van der Waals surface area contributed by atoms with E-state index in [1.165, 1.54) is 24.3 Å². The van der Waals surface area contributed by atoms with E-state index in [1.54, 1.807) is 13.8 Å². The first-order valence-electron chi connectivity index (χ1n) is 10.7. The number of carbonyl (C=O) groups is 2. The summed E-state index contributed by atoms with van der Waals surface area (Å²) in [6, 6.07) is 6.17. The minimum Gasteiger partial charge on any atom is -0.342 e. The Morgan fingerprint density at radius 3 is 2.50 bits per heavy atom. The van der Waals surface area contributed by atoms with E-state index in [0.29, 0.717) is 46.2 Å². The Morgan fingerprint density at radius 2 is 1.78 bits per heavy atom. The fraction of sp³-hybridized carbons (Fsp3) is 0.160. The molecule has 0 saturated carbocycles. The molecule has 1 unspecified atom stereocenters. The number of fused-ring (bicyclic) bond motifs is 3. The molecule has 11 heteroatoms. The number of nitrogens with zero attached hydrogens (tertiary/aromatic N) is 1. The molecule has 4 aromatic rings. The molecule has 0 bridgehead atoms. The van der Waals surface area contributed by atoms with Gasteiger partial charge in [-0.15, -0.1) is 0 Å². The van der Waals surface area contributed by atoms with Crippen molar-refractivity contribution in [2.24, 2.45) is 0 Å². The van der Waals surface area contributed by atoms with E-state index >= 15 is 0 Å². The maximum absolute atomic E-state index is 14.1. The minimum absolute atomic E-state index is 0.0796. The second-order valence-electron chi connectivity index (χ2n) is 8.52. The summed E-state index contributed by atoms with van der Waals surface area (Å²) in [5.74, 6) is -2.83. The SMILES string of the molecule is Cc1nc2c3c(c(NC(=O)c4cc(F)cc(C(F)(F)F)c4)cc2[nH]1)C(c1cc(F)ccc1C)NC3=O. The summed E-state index contributed by atoms with van der Waals surface area (Å²) >= 11 is 0. The van der Waals surface area contributed by atoms with Gasteiger partial charge >= 0.3 is 6.18 Å². The van der Waals surface area contributed by atoms with Crippen LogP contribution in [0, 0.1) is 25.5 Å². The van der Waals surface area contributed by atoms with Crippen molar-refractivity contribution in [1.29, 1.82) is 0 Å². The van der Waals surface area contributed by atoms with E-state index in [-0.39, 0.29) is 16.8 Å². The van der Waals surface area contributed by atoms with Gasteiger partial charge in [0.25, 0.3) is 11.8 Å². The van der Waals surface area contributed by atoms with Gasteiger partial charge in [0, 0.05) is 16.8 Å². The number of alkyl halides is 3. The number of carbonyl (C=O) groups excluding carboxylic acids is 2. The molecule has 3 aromatic carbocycles. The number of anilines is 1. The molecule has 5 rings (SSSR count). The predicted molar refractivity (Wildman–Crippen MR) is 121 cm³/mol. The number of aryl methyl sites for hydroxylation is 2.